The van der Waals surface area contributed by atoms with Gasteiger partial charge in [0.2, 0.25) is 0 Å². The smallest absolute Gasteiger partial charge is 0.357 e. The second-order valence-electron chi connectivity index (χ2n) is 3.16. The fourth-order valence-electron chi connectivity index (χ4n) is 1.19. The van der Waals surface area contributed by atoms with E-state index in [0.717, 1.165) is 6.26 Å². The van der Waals surface area contributed by atoms with Gasteiger partial charge in [-0.15, -0.1) is 0 Å². The van der Waals surface area contributed by atoms with E-state index in [4.69, 9.17) is 9.52 Å². The van der Waals surface area contributed by atoms with Crippen molar-refractivity contribution < 1.29 is 19.1 Å². The summed E-state index contributed by atoms with van der Waals surface area (Å²) in [5.74, 6) is -1.63. The van der Waals surface area contributed by atoms with Crippen molar-refractivity contribution in [3.8, 4) is 0 Å². The number of carbonyl (C=O) groups excluding carboxylic acids is 1. The average molecular weight is 232 g/mol. The Bertz CT molecular complexity index is 548. The number of nitrogens with zero attached hydrogens (tertiary/aromatic N) is 1. The minimum Gasteiger partial charge on any atom is -0.476 e. The number of nitrogens with one attached hydrogen (secondary N) is 1. The summed E-state index contributed by atoms with van der Waals surface area (Å²) in [4.78, 5) is 25.7. The van der Waals surface area contributed by atoms with Crippen molar-refractivity contribution in [2.24, 2.45) is 0 Å². The Kier molecular flexibility index (Phi) is 2.87. The van der Waals surface area contributed by atoms with E-state index in [1.807, 2.05) is 0 Å². The van der Waals surface area contributed by atoms with Crippen LogP contribution in [0, 0.1) is 0 Å². The van der Waals surface area contributed by atoms with Crippen LogP contribution in [0.4, 0.5) is 6.01 Å². The van der Waals surface area contributed by atoms with E-state index in [-0.39, 0.29) is 11.7 Å². The number of hydrogen-bond acceptors (Lipinski definition) is 4. The van der Waals surface area contributed by atoms with Crippen LogP contribution in [0.2, 0.25) is 0 Å². The van der Waals surface area contributed by atoms with E-state index >= 15 is 0 Å². The van der Waals surface area contributed by atoms with E-state index < -0.39 is 11.9 Å². The molecule has 1 heterocycles. The first-order valence-electron chi connectivity index (χ1n) is 4.72. The van der Waals surface area contributed by atoms with Crippen LogP contribution in [-0.2, 0) is 0 Å². The monoisotopic (exact) mass is 232 g/mol. The van der Waals surface area contributed by atoms with Gasteiger partial charge in [0.25, 0.3) is 5.91 Å². The molecular formula is C11H8N2O4. The molecule has 0 aliphatic rings. The summed E-state index contributed by atoms with van der Waals surface area (Å²) < 4.78 is 4.79. The number of benzene rings is 1. The van der Waals surface area contributed by atoms with Gasteiger partial charge >= 0.3 is 12.0 Å². The lowest BCUT2D eigenvalue weighted by atomic mass is 10.2. The molecule has 6 nitrogen and oxygen atoms in total. The predicted octanol–water partition coefficient (Wildman–Crippen LogP) is 1.63. The fraction of sp³-hybridized carbons (Fsp3) is 0. The molecule has 0 bridgehead atoms. The Labute approximate surface area is 95.9 Å². The average Bonchev–Trinajstić information content (AvgIpc) is 2.79. The highest BCUT2D eigenvalue weighted by Crippen LogP contribution is 2.09. The maximum absolute atomic E-state index is 11.6. The number of aromatic carboxylic acids is 1. The molecule has 1 amide bonds. The molecule has 2 aromatic rings. The van der Waals surface area contributed by atoms with Gasteiger partial charge in [-0.1, -0.05) is 18.2 Å². The van der Waals surface area contributed by atoms with Gasteiger partial charge in [-0.2, -0.15) is 4.98 Å². The maximum atomic E-state index is 11.6. The number of aromatic nitrogens is 1. The highest BCUT2D eigenvalue weighted by atomic mass is 16.4. The standard InChI is InChI=1S/C11H8N2O4/c14-9(7-4-2-1-3-5-7)13-11-12-8(6-17-11)10(15)16/h1-6H,(H,15,16)(H,12,13,14). The van der Waals surface area contributed by atoms with Crippen molar-refractivity contribution in [3.63, 3.8) is 0 Å². The molecule has 0 fully saturated rings. The Morgan fingerprint density at radius 2 is 1.94 bits per heavy atom. The molecule has 0 aliphatic carbocycles. The zero-order chi connectivity index (χ0) is 12.3. The minimum atomic E-state index is -1.21. The summed E-state index contributed by atoms with van der Waals surface area (Å²) in [6.45, 7) is 0. The van der Waals surface area contributed by atoms with Crippen LogP contribution in [0.5, 0.6) is 0 Å². The van der Waals surface area contributed by atoms with E-state index in [1.54, 1.807) is 30.3 Å². The fourth-order valence-corrected chi connectivity index (χ4v) is 1.19. The quantitative estimate of drug-likeness (QED) is 0.838. The second kappa shape index (κ2) is 4.48. The molecule has 1 aromatic carbocycles. The molecule has 0 atom stereocenters. The number of amides is 1. The third-order valence-electron chi connectivity index (χ3n) is 1.98. The SMILES string of the molecule is O=C(Nc1nc(C(=O)O)co1)c1ccccc1. The lowest BCUT2D eigenvalue weighted by Crippen LogP contribution is -2.12. The normalized spacial score (nSPS) is 9.88. The topological polar surface area (TPSA) is 92.4 Å². The van der Waals surface area contributed by atoms with Crippen molar-refractivity contribution >= 4 is 17.9 Å². The molecule has 6 heteroatoms. The summed E-state index contributed by atoms with van der Waals surface area (Å²) in [6, 6.07) is 8.31. The van der Waals surface area contributed by atoms with Crippen molar-refractivity contribution in [3.05, 3.63) is 47.9 Å². The third kappa shape index (κ3) is 2.49. The summed E-state index contributed by atoms with van der Waals surface area (Å²) in [6.07, 6.45) is 0.961. The summed E-state index contributed by atoms with van der Waals surface area (Å²) in [5, 5.41) is 11.0. The number of carboxylic acid groups (broad SMARTS) is 1. The minimum absolute atomic E-state index is 0.142. The van der Waals surface area contributed by atoms with Crippen molar-refractivity contribution in [2.75, 3.05) is 5.32 Å². The molecule has 17 heavy (non-hydrogen) atoms. The highest BCUT2D eigenvalue weighted by molar-refractivity contribution is 6.03. The van der Waals surface area contributed by atoms with Gasteiger partial charge in [-0.25, -0.2) is 4.79 Å². The van der Waals surface area contributed by atoms with Crippen LogP contribution in [0.3, 0.4) is 0 Å². The van der Waals surface area contributed by atoms with Gasteiger partial charge in [-0.3, -0.25) is 10.1 Å². The van der Waals surface area contributed by atoms with Crippen LogP contribution in [0.1, 0.15) is 20.8 Å². The Hall–Kier alpha value is -2.63. The van der Waals surface area contributed by atoms with Gasteiger partial charge in [0.1, 0.15) is 6.26 Å². The van der Waals surface area contributed by atoms with Crippen LogP contribution in [0.15, 0.2) is 41.0 Å². The summed E-state index contributed by atoms with van der Waals surface area (Å²) >= 11 is 0. The lowest BCUT2D eigenvalue weighted by Gasteiger charge is -1.99. The number of rotatable bonds is 3. The van der Waals surface area contributed by atoms with Crippen LogP contribution >= 0.6 is 0 Å². The van der Waals surface area contributed by atoms with Gasteiger partial charge < -0.3 is 9.52 Å². The first kappa shape index (κ1) is 10.9. The molecule has 0 saturated carbocycles. The molecule has 0 radical (unpaired) electrons. The number of carbonyl (C=O) groups is 2. The molecule has 0 saturated heterocycles. The molecule has 1 aromatic heterocycles. The van der Waals surface area contributed by atoms with Gasteiger partial charge in [0.05, 0.1) is 0 Å². The Morgan fingerprint density at radius 3 is 2.53 bits per heavy atom. The Morgan fingerprint density at radius 1 is 1.24 bits per heavy atom. The number of carboxylic acids is 1. The number of oxazole rings is 1. The van der Waals surface area contributed by atoms with Crippen molar-refractivity contribution in [2.45, 2.75) is 0 Å². The number of hydrogen-bond donors (Lipinski definition) is 2. The highest BCUT2D eigenvalue weighted by Gasteiger charge is 2.13. The maximum Gasteiger partial charge on any atom is 0.357 e. The largest absolute Gasteiger partial charge is 0.476 e. The molecule has 86 valence electrons. The summed E-state index contributed by atoms with van der Waals surface area (Å²) in [7, 11) is 0. The Balaban J connectivity index is 2.11. The van der Waals surface area contributed by atoms with Crippen molar-refractivity contribution in [1.29, 1.82) is 0 Å². The third-order valence-corrected chi connectivity index (χ3v) is 1.98. The van der Waals surface area contributed by atoms with Crippen LogP contribution < -0.4 is 5.32 Å². The molecule has 2 N–H and O–H groups in total. The number of anilines is 1. The van der Waals surface area contributed by atoms with Crippen LogP contribution in [0.25, 0.3) is 0 Å². The molecular weight excluding hydrogens is 224 g/mol. The molecule has 0 spiro atoms. The first-order chi connectivity index (χ1) is 8.16. The molecule has 0 aliphatic heterocycles. The van der Waals surface area contributed by atoms with Crippen LogP contribution in [-0.4, -0.2) is 22.0 Å². The lowest BCUT2D eigenvalue weighted by molar-refractivity contribution is 0.0690. The first-order valence-corrected chi connectivity index (χ1v) is 4.72. The van der Waals surface area contributed by atoms with Gasteiger partial charge in [0.15, 0.2) is 5.69 Å². The molecule has 0 unspecified atom stereocenters. The second-order valence-corrected chi connectivity index (χ2v) is 3.16. The van der Waals surface area contributed by atoms with E-state index in [9.17, 15) is 9.59 Å². The van der Waals surface area contributed by atoms with E-state index in [0.29, 0.717) is 5.56 Å². The van der Waals surface area contributed by atoms with E-state index in [1.165, 1.54) is 0 Å². The van der Waals surface area contributed by atoms with E-state index in [2.05, 4.69) is 10.3 Å². The molecule has 2 rings (SSSR count). The predicted molar refractivity (Wildman–Crippen MR) is 57.9 cm³/mol. The zero-order valence-electron chi connectivity index (χ0n) is 8.58. The van der Waals surface area contributed by atoms with Gasteiger partial charge in [0, 0.05) is 5.56 Å². The van der Waals surface area contributed by atoms with Gasteiger partial charge in [-0.05, 0) is 12.1 Å². The van der Waals surface area contributed by atoms with Crippen molar-refractivity contribution in [1.82, 2.24) is 4.98 Å². The zero-order valence-corrected chi connectivity index (χ0v) is 8.58. The summed E-state index contributed by atoms with van der Waals surface area (Å²) in [5.41, 5.74) is 0.177.